The normalized spacial score (nSPS) is 11.7. The van der Waals surface area contributed by atoms with E-state index < -0.39 is 17.8 Å². The Morgan fingerprint density at radius 3 is 2.61 bits per heavy atom. The maximum atomic E-state index is 13.3. The lowest BCUT2D eigenvalue weighted by Crippen LogP contribution is -2.45. The van der Waals surface area contributed by atoms with Gasteiger partial charge in [0.2, 0.25) is 5.91 Å². The Hall–Kier alpha value is -1.91. The van der Waals surface area contributed by atoms with Crippen LogP contribution in [0.25, 0.3) is 0 Å². The SMILES string of the molecule is CCCNC(=O)[C@H](C)NC(=O)c1ccccc1F. The molecule has 0 aliphatic heterocycles. The highest BCUT2D eigenvalue weighted by molar-refractivity contribution is 5.97. The van der Waals surface area contributed by atoms with E-state index >= 15 is 0 Å². The molecule has 0 fully saturated rings. The Morgan fingerprint density at radius 2 is 2.00 bits per heavy atom. The highest BCUT2D eigenvalue weighted by atomic mass is 19.1. The third-order valence-electron chi connectivity index (χ3n) is 2.41. The van der Waals surface area contributed by atoms with Crippen molar-refractivity contribution in [1.82, 2.24) is 10.6 Å². The van der Waals surface area contributed by atoms with Gasteiger partial charge in [-0.15, -0.1) is 0 Å². The van der Waals surface area contributed by atoms with E-state index in [1.807, 2.05) is 6.92 Å². The fraction of sp³-hybridized carbons (Fsp3) is 0.385. The summed E-state index contributed by atoms with van der Waals surface area (Å²) in [5, 5.41) is 5.11. The van der Waals surface area contributed by atoms with Crippen molar-refractivity contribution in [1.29, 1.82) is 0 Å². The van der Waals surface area contributed by atoms with E-state index in [-0.39, 0.29) is 11.5 Å². The zero-order chi connectivity index (χ0) is 13.5. The number of carbonyl (C=O) groups is 2. The topological polar surface area (TPSA) is 58.2 Å². The predicted molar refractivity (Wildman–Crippen MR) is 66.6 cm³/mol. The molecule has 2 N–H and O–H groups in total. The van der Waals surface area contributed by atoms with Crippen molar-refractivity contribution in [2.45, 2.75) is 26.3 Å². The maximum absolute atomic E-state index is 13.3. The molecule has 0 spiro atoms. The van der Waals surface area contributed by atoms with Crippen LogP contribution in [0.4, 0.5) is 4.39 Å². The first-order chi connectivity index (χ1) is 8.56. The fourth-order valence-corrected chi connectivity index (χ4v) is 1.39. The van der Waals surface area contributed by atoms with E-state index in [2.05, 4.69) is 10.6 Å². The van der Waals surface area contributed by atoms with Crippen LogP contribution < -0.4 is 10.6 Å². The van der Waals surface area contributed by atoms with Gasteiger partial charge in [0, 0.05) is 6.54 Å². The highest BCUT2D eigenvalue weighted by Crippen LogP contribution is 2.06. The van der Waals surface area contributed by atoms with Gasteiger partial charge >= 0.3 is 0 Å². The van der Waals surface area contributed by atoms with Crippen molar-refractivity contribution in [2.24, 2.45) is 0 Å². The number of rotatable bonds is 5. The van der Waals surface area contributed by atoms with Crippen molar-refractivity contribution in [3.8, 4) is 0 Å². The molecule has 4 nitrogen and oxygen atoms in total. The van der Waals surface area contributed by atoms with Crippen LogP contribution in [0, 0.1) is 5.82 Å². The Bertz CT molecular complexity index is 435. The van der Waals surface area contributed by atoms with Crippen molar-refractivity contribution < 1.29 is 14.0 Å². The van der Waals surface area contributed by atoms with E-state index in [1.165, 1.54) is 18.2 Å². The molecule has 0 bridgehead atoms. The lowest BCUT2D eigenvalue weighted by molar-refractivity contribution is -0.122. The van der Waals surface area contributed by atoms with Crippen molar-refractivity contribution in [2.75, 3.05) is 6.54 Å². The van der Waals surface area contributed by atoms with E-state index in [1.54, 1.807) is 13.0 Å². The van der Waals surface area contributed by atoms with E-state index in [4.69, 9.17) is 0 Å². The summed E-state index contributed by atoms with van der Waals surface area (Å²) in [6.45, 7) is 4.05. The average molecular weight is 252 g/mol. The molecular formula is C13H17FN2O2. The molecule has 18 heavy (non-hydrogen) atoms. The lowest BCUT2D eigenvalue weighted by atomic mass is 10.2. The predicted octanol–water partition coefficient (Wildman–Crippen LogP) is 1.47. The molecule has 1 aromatic carbocycles. The third-order valence-corrected chi connectivity index (χ3v) is 2.41. The van der Waals surface area contributed by atoms with Gasteiger partial charge in [-0.3, -0.25) is 9.59 Å². The first kappa shape index (κ1) is 14.2. The largest absolute Gasteiger partial charge is 0.354 e. The molecule has 0 saturated heterocycles. The van der Waals surface area contributed by atoms with Gasteiger partial charge < -0.3 is 10.6 Å². The Balaban J connectivity index is 2.60. The molecule has 5 heteroatoms. The second-order valence-electron chi connectivity index (χ2n) is 3.97. The van der Waals surface area contributed by atoms with Gasteiger partial charge in [0.05, 0.1) is 5.56 Å². The van der Waals surface area contributed by atoms with Gasteiger partial charge in [-0.05, 0) is 25.5 Å². The molecule has 0 unspecified atom stereocenters. The molecule has 1 atom stereocenters. The Kier molecular flexibility index (Phi) is 5.30. The number of halogens is 1. The number of hydrogen-bond acceptors (Lipinski definition) is 2. The van der Waals surface area contributed by atoms with Crippen LogP contribution in [-0.4, -0.2) is 24.4 Å². The third kappa shape index (κ3) is 3.84. The molecule has 1 rings (SSSR count). The summed E-state index contributed by atoms with van der Waals surface area (Å²) in [5.74, 6) is -1.47. The summed E-state index contributed by atoms with van der Waals surface area (Å²) in [6, 6.07) is 4.96. The minimum absolute atomic E-state index is 0.0624. The summed E-state index contributed by atoms with van der Waals surface area (Å²) in [4.78, 5) is 23.3. The lowest BCUT2D eigenvalue weighted by Gasteiger charge is -2.14. The number of benzene rings is 1. The standard InChI is InChI=1S/C13H17FN2O2/c1-3-8-15-12(17)9(2)16-13(18)10-6-4-5-7-11(10)14/h4-7,9H,3,8H2,1-2H3,(H,15,17)(H,16,18)/t9-/m0/s1. The van der Waals surface area contributed by atoms with Crippen LogP contribution in [-0.2, 0) is 4.79 Å². The quantitative estimate of drug-likeness (QED) is 0.833. The minimum Gasteiger partial charge on any atom is -0.354 e. The van der Waals surface area contributed by atoms with Gasteiger partial charge in [-0.2, -0.15) is 0 Å². The van der Waals surface area contributed by atoms with E-state index in [0.29, 0.717) is 6.54 Å². The molecule has 0 aliphatic carbocycles. The van der Waals surface area contributed by atoms with Crippen molar-refractivity contribution in [3.63, 3.8) is 0 Å². The molecule has 2 amide bonds. The van der Waals surface area contributed by atoms with Gasteiger partial charge in [-0.1, -0.05) is 19.1 Å². The van der Waals surface area contributed by atoms with Crippen LogP contribution >= 0.6 is 0 Å². The summed E-state index contributed by atoms with van der Waals surface area (Å²) < 4.78 is 13.3. The monoisotopic (exact) mass is 252 g/mol. The van der Waals surface area contributed by atoms with Gasteiger partial charge in [-0.25, -0.2) is 4.39 Å². The van der Waals surface area contributed by atoms with E-state index in [0.717, 1.165) is 6.42 Å². The average Bonchev–Trinajstić information content (AvgIpc) is 2.36. The first-order valence-electron chi connectivity index (χ1n) is 5.89. The maximum Gasteiger partial charge on any atom is 0.254 e. The molecule has 0 radical (unpaired) electrons. The zero-order valence-corrected chi connectivity index (χ0v) is 10.5. The molecule has 0 saturated carbocycles. The summed E-state index contributed by atoms with van der Waals surface area (Å²) in [6.07, 6.45) is 0.819. The minimum atomic E-state index is -0.691. The number of hydrogen-bond donors (Lipinski definition) is 2. The van der Waals surface area contributed by atoms with Crippen LogP contribution in [0.5, 0.6) is 0 Å². The van der Waals surface area contributed by atoms with Gasteiger partial charge in [0.15, 0.2) is 0 Å². The van der Waals surface area contributed by atoms with Crippen LogP contribution in [0.3, 0.4) is 0 Å². The first-order valence-corrected chi connectivity index (χ1v) is 5.89. The molecule has 0 aromatic heterocycles. The number of amides is 2. The van der Waals surface area contributed by atoms with Crippen molar-refractivity contribution >= 4 is 11.8 Å². The Morgan fingerprint density at radius 1 is 1.33 bits per heavy atom. The molecule has 0 heterocycles. The molecule has 1 aromatic rings. The number of carbonyl (C=O) groups excluding carboxylic acids is 2. The smallest absolute Gasteiger partial charge is 0.254 e. The van der Waals surface area contributed by atoms with Gasteiger partial charge in [0.1, 0.15) is 11.9 Å². The highest BCUT2D eigenvalue weighted by Gasteiger charge is 2.17. The Labute approximate surface area is 106 Å². The molecular weight excluding hydrogens is 235 g/mol. The second kappa shape index (κ2) is 6.74. The fourth-order valence-electron chi connectivity index (χ4n) is 1.39. The van der Waals surface area contributed by atoms with Crippen molar-refractivity contribution in [3.05, 3.63) is 35.6 Å². The summed E-state index contributed by atoms with van der Waals surface area (Å²) in [5.41, 5.74) is -0.0624. The second-order valence-corrected chi connectivity index (χ2v) is 3.97. The summed E-state index contributed by atoms with van der Waals surface area (Å²) in [7, 11) is 0. The van der Waals surface area contributed by atoms with Crippen LogP contribution in [0.2, 0.25) is 0 Å². The molecule has 98 valence electrons. The van der Waals surface area contributed by atoms with Crippen LogP contribution in [0.1, 0.15) is 30.6 Å². The van der Waals surface area contributed by atoms with Gasteiger partial charge in [0.25, 0.3) is 5.91 Å². The molecule has 0 aliphatic rings. The van der Waals surface area contributed by atoms with Crippen LogP contribution in [0.15, 0.2) is 24.3 Å². The summed E-state index contributed by atoms with van der Waals surface area (Å²) >= 11 is 0. The zero-order valence-electron chi connectivity index (χ0n) is 10.5. The number of nitrogens with one attached hydrogen (secondary N) is 2. The van der Waals surface area contributed by atoms with E-state index in [9.17, 15) is 14.0 Å².